The largest absolute Gasteiger partial charge is 0.467 e. The third kappa shape index (κ3) is 5.33. The third-order valence-corrected chi connectivity index (χ3v) is 6.80. The van der Waals surface area contributed by atoms with Crippen molar-refractivity contribution >= 4 is 38.6 Å². The third-order valence-electron chi connectivity index (χ3n) is 5.42. The number of methoxy groups -OCH3 is 1. The summed E-state index contributed by atoms with van der Waals surface area (Å²) in [5.41, 5.74) is 1.03. The number of hydrogen-bond donors (Lipinski definition) is 2. The summed E-state index contributed by atoms with van der Waals surface area (Å²) >= 11 is 0. The van der Waals surface area contributed by atoms with Crippen LogP contribution in [0, 0.1) is 6.92 Å². The van der Waals surface area contributed by atoms with Crippen LogP contribution in [0.15, 0.2) is 86.9 Å². The maximum Gasteiger partial charge on any atom is 0.348 e. The second-order valence-corrected chi connectivity index (χ2v) is 9.45. The second kappa shape index (κ2) is 9.98. The first kappa shape index (κ1) is 24.0. The fourth-order valence-electron chi connectivity index (χ4n) is 3.63. The number of carbonyl (C=O) groups is 1. The van der Waals surface area contributed by atoms with Gasteiger partial charge in [0.25, 0.3) is 16.0 Å². The van der Waals surface area contributed by atoms with E-state index in [1.165, 1.54) is 31.4 Å². The van der Waals surface area contributed by atoms with Gasteiger partial charge in [0.1, 0.15) is 6.04 Å². The SMILES string of the molecule is COC(=O)[C@H](Cc1ccccc1)Nc1nc2ccc(NS(=O)(=O)c3ccccc3)c(C)c2c(=O)o1. The predicted octanol–water partition coefficient (Wildman–Crippen LogP) is 3.49. The van der Waals surface area contributed by atoms with Crippen molar-refractivity contribution in [1.82, 2.24) is 4.98 Å². The maximum atomic E-state index is 12.8. The molecule has 1 aromatic heterocycles. The monoisotopic (exact) mass is 493 g/mol. The number of nitrogens with one attached hydrogen (secondary N) is 2. The molecule has 10 heteroatoms. The van der Waals surface area contributed by atoms with Gasteiger partial charge in [-0.05, 0) is 42.3 Å². The van der Waals surface area contributed by atoms with Crippen molar-refractivity contribution in [2.24, 2.45) is 0 Å². The number of aromatic nitrogens is 1. The van der Waals surface area contributed by atoms with E-state index < -0.39 is 27.7 Å². The van der Waals surface area contributed by atoms with Crippen LogP contribution >= 0.6 is 0 Å². The molecular formula is C25H23N3O6S. The van der Waals surface area contributed by atoms with E-state index >= 15 is 0 Å². The predicted molar refractivity (Wildman–Crippen MR) is 132 cm³/mol. The quantitative estimate of drug-likeness (QED) is 0.357. The van der Waals surface area contributed by atoms with Crippen LogP contribution in [0.1, 0.15) is 11.1 Å². The first-order valence-corrected chi connectivity index (χ1v) is 12.2. The zero-order valence-corrected chi connectivity index (χ0v) is 19.8. The lowest BCUT2D eigenvalue weighted by atomic mass is 10.1. The summed E-state index contributed by atoms with van der Waals surface area (Å²) in [5.74, 6) is -0.541. The molecule has 4 aromatic rings. The van der Waals surface area contributed by atoms with E-state index in [4.69, 9.17) is 9.15 Å². The van der Waals surface area contributed by atoms with Crippen LogP contribution in [-0.2, 0) is 26.0 Å². The summed E-state index contributed by atoms with van der Waals surface area (Å²) in [5, 5.41) is 2.97. The van der Waals surface area contributed by atoms with Crippen molar-refractivity contribution in [3.8, 4) is 0 Å². The topological polar surface area (TPSA) is 128 Å². The zero-order valence-electron chi connectivity index (χ0n) is 19.0. The molecule has 1 heterocycles. The molecule has 35 heavy (non-hydrogen) atoms. The lowest BCUT2D eigenvalue weighted by Gasteiger charge is -2.16. The van der Waals surface area contributed by atoms with Crippen molar-refractivity contribution < 1.29 is 22.4 Å². The number of nitrogens with zero attached hydrogens (tertiary/aromatic N) is 1. The standard InChI is InChI=1S/C25H23N3O6S/c1-16-19(28-35(31,32)18-11-7-4-8-12-18)13-14-20-22(16)24(30)34-25(26-20)27-21(23(29)33-2)15-17-9-5-3-6-10-17/h3-14,21,28H,15H2,1-2H3,(H,26,27)/t21-/m0/s1. The average molecular weight is 494 g/mol. The van der Waals surface area contributed by atoms with E-state index in [0.717, 1.165) is 5.56 Å². The summed E-state index contributed by atoms with van der Waals surface area (Å²) in [4.78, 5) is 29.6. The summed E-state index contributed by atoms with van der Waals surface area (Å²) in [6.07, 6.45) is 0.288. The van der Waals surface area contributed by atoms with E-state index in [2.05, 4.69) is 15.0 Å². The Bertz CT molecular complexity index is 1520. The molecule has 2 N–H and O–H groups in total. The Kier molecular flexibility index (Phi) is 6.83. The highest BCUT2D eigenvalue weighted by Crippen LogP contribution is 2.26. The van der Waals surface area contributed by atoms with E-state index in [-0.39, 0.29) is 33.9 Å². The van der Waals surface area contributed by atoms with E-state index in [9.17, 15) is 18.0 Å². The molecule has 0 spiro atoms. The van der Waals surface area contributed by atoms with Crippen molar-refractivity contribution in [2.75, 3.05) is 17.1 Å². The summed E-state index contributed by atoms with van der Waals surface area (Å²) in [6.45, 7) is 1.60. The highest BCUT2D eigenvalue weighted by atomic mass is 32.2. The fourth-order valence-corrected chi connectivity index (χ4v) is 4.77. The van der Waals surface area contributed by atoms with Crippen LogP contribution < -0.4 is 15.7 Å². The summed E-state index contributed by atoms with van der Waals surface area (Å²) < 4.78 is 38.1. The van der Waals surface area contributed by atoms with Crippen LogP contribution in [0.2, 0.25) is 0 Å². The molecule has 0 aliphatic rings. The molecule has 0 amide bonds. The minimum absolute atomic E-state index is 0.0940. The number of rotatable bonds is 8. The minimum atomic E-state index is -3.85. The van der Waals surface area contributed by atoms with Crippen molar-refractivity contribution in [3.63, 3.8) is 0 Å². The highest BCUT2D eigenvalue weighted by Gasteiger charge is 2.23. The van der Waals surface area contributed by atoms with Gasteiger partial charge < -0.3 is 14.5 Å². The van der Waals surface area contributed by atoms with Gasteiger partial charge in [-0.2, -0.15) is 4.98 Å². The Morgan fingerprint density at radius 1 is 1.03 bits per heavy atom. The van der Waals surface area contributed by atoms with Gasteiger partial charge in [0.05, 0.1) is 28.6 Å². The highest BCUT2D eigenvalue weighted by molar-refractivity contribution is 7.92. The second-order valence-electron chi connectivity index (χ2n) is 7.77. The Balaban J connectivity index is 1.65. The van der Waals surface area contributed by atoms with Crippen LogP contribution in [0.4, 0.5) is 11.7 Å². The van der Waals surface area contributed by atoms with E-state index in [1.54, 1.807) is 25.1 Å². The maximum absolute atomic E-state index is 12.8. The number of anilines is 2. The first-order valence-electron chi connectivity index (χ1n) is 10.7. The Morgan fingerprint density at radius 3 is 2.34 bits per heavy atom. The van der Waals surface area contributed by atoms with Crippen molar-refractivity contribution in [1.29, 1.82) is 0 Å². The lowest BCUT2D eigenvalue weighted by Crippen LogP contribution is -2.33. The number of sulfonamides is 1. The minimum Gasteiger partial charge on any atom is -0.467 e. The molecule has 1 atom stereocenters. The number of esters is 1. The number of fused-ring (bicyclic) bond motifs is 1. The lowest BCUT2D eigenvalue weighted by molar-refractivity contribution is -0.141. The summed E-state index contributed by atoms with van der Waals surface area (Å²) in [7, 11) is -2.58. The normalized spacial score (nSPS) is 12.2. The number of carbonyl (C=O) groups excluding carboxylic acids is 1. The van der Waals surface area contributed by atoms with Gasteiger partial charge in [0.15, 0.2) is 0 Å². The zero-order chi connectivity index (χ0) is 25.0. The molecule has 0 bridgehead atoms. The molecule has 180 valence electrons. The number of hydrogen-bond acceptors (Lipinski definition) is 8. The van der Waals surface area contributed by atoms with Gasteiger partial charge in [-0.25, -0.2) is 18.0 Å². The van der Waals surface area contributed by atoms with Gasteiger partial charge in [-0.3, -0.25) is 4.72 Å². The van der Waals surface area contributed by atoms with E-state index in [0.29, 0.717) is 5.56 Å². The van der Waals surface area contributed by atoms with E-state index in [1.807, 2.05) is 30.3 Å². The Hall–Kier alpha value is -4.18. The molecule has 0 aliphatic carbocycles. The molecule has 0 radical (unpaired) electrons. The number of aryl methyl sites for hydroxylation is 1. The van der Waals surface area contributed by atoms with Crippen molar-refractivity contribution in [2.45, 2.75) is 24.3 Å². The molecule has 0 saturated heterocycles. The number of benzene rings is 3. The molecule has 0 saturated carbocycles. The van der Waals surface area contributed by atoms with Crippen molar-refractivity contribution in [3.05, 3.63) is 94.3 Å². The summed E-state index contributed by atoms with van der Waals surface area (Å²) in [6, 6.07) is 19.2. The first-order chi connectivity index (χ1) is 16.8. The Morgan fingerprint density at radius 2 is 1.69 bits per heavy atom. The van der Waals surface area contributed by atoms with Gasteiger partial charge in [-0.1, -0.05) is 48.5 Å². The van der Waals surface area contributed by atoms with Crippen LogP contribution in [0.3, 0.4) is 0 Å². The van der Waals surface area contributed by atoms with Crippen LogP contribution in [0.25, 0.3) is 10.9 Å². The van der Waals surface area contributed by atoms with Gasteiger partial charge in [-0.15, -0.1) is 0 Å². The van der Waals surface area contributed by atoms with Gasteiger partial charge in [0, 0.05) is 6.42 Å². The van der Waals surface area contributed by atoms with Gasteiger partial charge >= 0.3 is 11.6 Å². The molecule has 9 nitrogen and oxygen atoms in total. The van der Waals surface area contributed by atoms with Gasteiger partial charge in [0.2, 0.25) is 0 Å². The average Bonchev–Trinajstić information content (AvgIpc) is 2.86. The fraction of sp³-hybridized carbons (Fsp3) is 0.160. The molecule has 4 rings (SSSR count). The smallest absolute Gasteiger partial charge is 0.348 e. The molecule has 0 unspecified atom stereocenters. The molecule has 0 aliphatic heterocycles. The molecule has 0 fully saturated rings. The number of ether oxygens (including phenoxy) is 1. The molecular weight excluding hydrogens is 470 g/mol. The van der Waals surface area contributed by atoms with Crippen LogP contribution in [-0.4, -0.2) is 32.5 Å². The Labute approximate surface area is 201 Å². The molecule has 3 aromatic carbocycles. The van der Waals surface area contributed by atoms with Crippen LogP contribution in [0.5, 0.6) is 0 Å².